The van der Waals surface area contributed by atoms with Crippen LogP contribution in [-0.4, -0.2) is 35.1 Å². The van der Waals surface area contributed by atoms with Gasteiger partial charge in [0.1, 0.15) is 0 Å². The van der Waals surface area contributed by atoms with E-state index < -0.39 is 0 Å². The molecule has 2 unspecified atom stereocenters. The molecule has 0 bridgehead atoms. The Hall–Kier alpha value is -0.770. The maximum Gasteiger partial charge on any atom is 0.156 e. The van der Waals surface area contributed by atoms with Crippen LogP contribution in [0.5, 0.6) is 0 Å². The molecule has 1 rings (SSSR count). The number of rotatable bonds is 4. The van der Waals surface area contributed by atoms with Crippen LogP contribution in [-0.2, 0) is 0 Å². The van der Waals surface area contributed by atoms with E-state index >= 15 is 0 Å². The van der Waals surface area contributed by atoms with Crippen molar-refractivity contribution in [1.82, 2.24) is 4.90 Å². The molecule has 4 heteroatoms. The monoisotopic (exact) mass is 199 g/mol. The molecule has 0 aliphatic carbocycles. The van der Waals surface area contributed by atoms with E-state index in [4.69, 9.17) is 10.9 Å². The van der Waals surface area contributed by atoms with Gasteiger partial charge < -0.3 is 10.9 Å². The number of nitrogens with zero attached hydrogens (tertiary/aromatic N) is 2. The van der Waals surface area contributed by atoms with Gasteiger partial charge in [-0.15, -0.1) is 0 Å². The molecular formula is C10H21N3O. The summed E-state index contributed by atoms with van der Waals surface area (Å²) in [6, 6.07) is 0.0712. The van der Waals surface area contributed by atoms with Gasteiger partial charge in [0.25, 0.3) is 0 Å². The van der Waals surface area contributed by atoms with Crippen molar-refractivity contribution >= 4 is 5.84 Å². The van der Waals surface area contributed by atoms with Crippen molar-refractivity contribution in [2.45, 2.75) is 39.2 Å². The average molecular weight is 199 g/mol. The highest BCUT2D eigenvalue weighted by atomic mass is 16.4. The lowest BCUT2D eigenvalue weighted by Crippen LogP contribution is -2.41. The van der Waals surface area contributed by atoms with Gasteiger partial charge in [-0.3, -0.25) is 4.90 Å². The van der Waals surface area contributed by atoms with E-state index in [1.807, 2.05) is 6.92 Å². The highest BCUT2D eigenvalue weighted by molar-refractivity contribution is 5.84. The van der Waals surface area contributed by atoms with Crippen molar-refractivity contribution in [2.24, 2.45) is 16.8 Å². The summed E-state index contributed by atoms with van der Waals surface area (Å²) in [6.45, 7) is 6.37. The van der Waals surface area contributed by atoms with Gasteiger partial charge in [0, 0.05) is 6.54 Å². The third-order valence-corrected chi connectivity index (χ3v) is 3.11. The van der Waals surface area contributed by atoms with Crippen molar-refractivity contribution in [3.63, 3.8) is 0 Å². The van der Waals surface area contributed by atoms with E-state index in [-0.39, 0.29) is 6.04 Å². The Kier molecular flexibility index (Phi) is 4.20. The normalized spacial score (nSPS) is 26.7. The highest BCUT2D eigenvalue weighted by Crippen LogP contribution is 2.22. The molecule has 1 saturated heterocycles. The molecule has 0 aromatic rings. The molecule has 0 saturated carbocycles. The molecule has 4 nitrogen and oxygen atoms in total. The summed E-state index contributed by atoms with van der Waals surface area (Å²) in [5.74, 6) is 1.12. The fourth-order valence-electron chi connectivity index (χ4n) is 2.13. The summed E-state index contributed by atoms with van der Waals surface area (Å²) < 4.78 is 0. The van der Waals surface area contributed by atoms with Gasteiger partial charge in [0.05, 0.1) is 6.04 Å². The van der Waals surface area contributed by atoms with Gasteiger partial charge in [0.2, 0.25) is 0 Å². The van der Waals surface area contributed by atoms with Crippen molar-refractivity contribution in [3.8, 4) is 0 Å². The predicted octanol–water partition coefficient (Wildman–Crippen LogP) is 1.24. The zero-order valence-corrected chi connectivity index (χ0v) is 9.11. The molecule has 1 heterocycles. The minimum Gasteiger partial charge on any atom is -0.409 e. The largest absolute Gasteiger partial charge is 0.409 e. The Bertz CT molecular complexity index is 206. The molecule has 0 amide bonds. The van der Waals surface area contributed by atoms with Crippen LogP contribution < -0.4 is 5.73 Å². The molecule has 82 valence electrons. The SMILES string of the molecule is CCCC1CCN(C(C)C(N)=NO)C1. The van der Waals surface area contributed by atoms with E-state index in [2.05, 4.69) is 17.0 Å². The number of hydrogen-bond donors (Lipinski definition) is 2. The Morgan fingerprint density at radius 1 is 1.71 bits per heavy atom. The van der Waals surface area contributed by atoms with E-state index in [0.29, 0.717) is 5.84 Å². The first-order valence-electron chi connectivity index (χ1n) is 5.40. The fraction of sp³-hybridized carbons (Fsp3) is 0.900. The minimum absolute atomic E-state index is 0.0712. The van der Waals surface area contributed by atoms with Gasteiger partial charge >= 0.3 is 0 Å². The molecule has 3 N–H and O–H groups in total. The standard InChI is InChI=1S/C10H21N3O/c1-3-4-9-5-6-13(7-9)8(2)10(11)12-14/h8-9,14H,3-7H2,1-2H3,(H2,11,12). The number of likely N-dealkylation sites (tertiary alicyclic amines) is 1. The maximum atomic E-state index is 8.57. The number of hydrogen-bond acceptors (Lipinski definition) is 3. The topological polar surface area (TPSA) is 61.8 Å². The minimum atomic E-state index is 0.0712. The molecule has 1 fully saturated rings. The van der Waals surface area contributed by atoms with E-state index in [1.165, 1.54) is 19.3 Å². The van der Waals surface area contributed by atoms with Crippen molar-refractivity contribution < 1.29 is 5.21 Å². The summed E-state index contributed by atoms with van der Waals surface area (Å²) in [5, 5.41) is 11.6. The second-order valence-corrected chi connectivity index (χ2v) is 4.14. The lowest BCUT2D eigenvalue weighted by Gasteiger charge is -2.22. The molecule has 0 radical (unpaired) electrons. The molecule has 1 aliphatic rings. The fourth-order valence-corrected chi connectivity index (χ4v) is 2.13. The molecule has 14 heavy (non-hydrogen) atoms. The summed E-state index contributed by atoms with van der Waals surface area (Å²) in [5.41, 5.74) is 5.57. The second kappa shape index (κ2) is 5.20. The molecule has 0 spiro atoms. The Morgan fingerprint density at radius 3 is 3.00 bits per heavy atom. The predicted molar refractivity (Wildman–Crippen MR) is 57.5 cm³/mol. The highest BCUT2D eigenvalue weighted by Gasteiger charge is 2.27. The van der Waals surface area contributed by atoms with Crippen LogP contribution in [0.3, 0.4) is 0 Å². The van der Waals surface area contributed by atoms with E-state index in [1.54, 1.807) is 0 Å². The first-order valence-corrected chi connectivity index (χ1v) is 5.40. The first kappa shape index (κ1) is 11.3. The number of oxime groups is 1. The quantitative estimate of drug-likeness (QED) is 0.310. The lowest BCUT2D eigenvalue weighted by atomic mass is 10.0. The van der Waals surface area contributed by atoms with Gasteiger partial charge in [-0.1, -0.05) is 18.5 Å². The summed E-state index contributed by atoms with van der Waals surface area (Å²) in [6.07, 6.45) is 3.78. The van der Waals surface area contributed by atoms with Crippen molar-refractivity contribution in [1.29, 1.82) is 0 Å². The van der Waals surface area contributed by atoms with Crippen LogP contribution >= 0.6 is 0 Å². The Morgan fingerprint density at radius 2 is 2.43 bits per heavy atom. The molecule has 0 aromatic carbocycles. The summed E-state index contributed by atoms with van der Waals surface area (Å²) in [4.78, 5) is 2.29. The van der Waals surface area contributed by atoms with Crippen LogP contribution in [0.25, 0.3) is 0 Å². The summed E-state index contributed by atoms with van der Waals surface area (Å²) in [7, 11) is 0. The zero-order chi connectivity index (χ0) is 10.6. The lowest BCUT2D eigenvalue weighted by molar-refractivity contribution is 0.277. The molecule has 1 aliphatic heterocycles. The van der Waals surface area contributed by atoms with Crippen LogP contribution in [0.1, 0.15) is 33.1 Å². The van der Waals surface area contributed by atoms with E-state index in [0.717, 1.165) is 19.0 Å². The average Bonchev–Trinajstić information content (AvgIpc) is 2.64. The Balaban J connectivity index is 2.41. The Labute approximate surface area is 85.8 Å². The summed E-state index contributed by atoms with van der Waals surface area (Å²) >= 11 is 0. The van der Waals surface area contributed by atoms with Gasteiger partial charge in [-0.05, 0) is 32.2 Å². The second-order valence-electron chi connectivity index (χ2n) is 4.14. The molecule has 2 atom stereocenters. The van der Waals surface area contributed by atoms with Crippen LogP contribution in [0.2, 0.25) is 0 Å². The van der Waals surface area contributed by atoms with Crippen molar-refractivity contribution in [2.75, 3.05) is 13.1 Å². The first-order chi connectivity index (χ1) is 6.69. The van der Waals surface area contributed by atoms with Crippen LogP contribution in [0, 0.1) is 5.92 Å². The van der Waals surface area contributed by atoms with Crippen LogP contribution in [0.4, 0.5) is 0 Å². The van der Waals surface area contributed by atoms with Crippen LogP contribution in [0.15, 0.2) is 5.16 Å². The maximum absolute atomic E-state index is 8.57. The third kappa shape index (κ3) is 2.61. The third-order valence-electron chi connectivity index (χ3n) is 3.11. The number of amidine groups is 1. The number of nitrogens with two attached hydrogens (primary N) is 1. The smallest absolute Gasteiger partial charge is 0.156 e. The van der Waals surface area contributed by atoms with Crippen molar-refractivity contribution in [3.05, 3.63) is 0 Å². The van der Waals surface area contributed by atoms with E-state index in [9.17, 15) is 0 Å². The van der Waals surface area contributed by atoms with Gasteiger partial charge in [-0.2, -0.15) is 0 Å². The van der Waals surface area contributed by atoms with Gasteiger partial charge in [0.15, 0.2) is 5.84 Å². The van der Waals surface area contributed by atoms with Gasteiger partial charge in [-0.25, -0.2) is 0 Å². The molecular weight excluding hydrogens is 178 g/mol. The zero-order valence-electron chi connectivity index (χ0n) is 9.11. The molecule has 0 aromatic heterocycles.